The van der Waals surface area contributed by atoms with E-state index in [1.165, 1.54) is 192 Å². The van der Waals surface area contributed by atoms with Crippen molar-refractivity contribution in [3.05, 3.63) is 35.9 Å². The highest BCUT2D eigenvalue weighted by Crippen LogP contribution is 2.16. The first-order valence-corrected chi connectivity index (χ1v) is 17.0. The lowest BCUT2D eigenvalue weighted by molar-refractivity contribution is 0.514. The summed E-state index contributed by atoms with van der Waals surface area (Å²) in [6, 6.07) is 11.0. The first-order valence-electron chi connectivity index (χ1n) is 17.0. The fourth-order valence-corrected chi connectivity index (χ4v) is 5.64. The van der Waals surface area contributed by atoms with E-state index in [-0.39, 0.29) is 0 Å². The highest BCUT2D eigenvalue weighted by Gasteiger charge is 1.97. The second-order valence-electron chi connectivity index (χ2n) is 11.8. The summed E-state index contributed by atoms with van der Waals surface area (Å²) >= 11 is 0. The zero-order chi connectivity index (χ0) is 25.6. The Balaban J connectivity index is 1.63. The van der Waals surface area contributed by atoms with E-state index in [0.29, 0.717) is 0 Å². The van der Waals surface area contributed by atoms with Gasteiger partial charge in [0.2, 0.25) is 0 Å². The minimum atomic E-state index is 1.26. The molecular formula is C36H66. The highest BCUT2D eigenvalue weighted by molar-refractivity contribution is 5.14. The van der Waals surface area contributed by atoms with E-state index >= 15 is 0 Å². The first-order chi connectivity index (χ1) is 17.9. The van der Waals surface area contributed by atoms with Gasteiger partial charge in [0.05, 0.1) is 0 Å². The third-order valence-corrected chi connectivity index (χ3v) is 8.16. The maximum atomic E-state index is 2.31. The molecular weight excluding hydrogens is 432 g/mol. The number of unbranched alkanes of at least 4 members (excludes halogenated alkanes) is 27. The van der Waals surface area contributed by atoms with Gasteiger partial charge in [-0.15, -0.1) is 0 Å². The minimum absolute atomic E-state index is 1.26. The van der Waals surface area contributed by atoms with E-state index in [0.717, 1.165) is 0 Å². The van der Waals surface area contributed by atoms with E-state index in [2.05, 4.69) is 37.3 Å². The summed E-state index contributed by atoms with van der Waals surface area (Å²) in [6.45, 7) is 2.31. The van der Waals surface area contributed by atoms with Crippen molar-refractivity contribution in [2.75, 3.05) is 0 Å². The van der Waals surface area contributed by atoms with Crippen LogP contribution in [0.5, 0.6) is 0 Å². The predicted molar refractivity (Wildman–Crippen MR) is 165 cm³/mol. The van der Waals surface area contributed by atoms with E-state index in [1.807, 2.05) is 0 Å². The lowest BCUT2D eigenvalue weighted by Gasteiger charge is -2.05. The Morgan fingerprint density at radius 1 is 0.306 bits per heavy atom. The van der Waals surface area contributed by atoms with Crippen LogP contribution >= 0.6 is 0 Å². The van der Waals surface area contributed by atoms with Crippen LogP contribution in [0.2, 0.25) is 0 Å². The van der Waals surface area contributed by atoms with Crippen LogP contribution in [0.1, 0.15) is 192 Å². The number of rotatable bonds is 29. The summed E-state index contributed by atoms with van der Waals surface area (Å²) in [6.07, 6.45) is 42.4. The molecule has 0 N–H and O–H groups in total. The minimum Gasteiger partial charge on any atom is -0.0654 e. The molecule has 0 heterocycles. The smallest absolute Gasteiger partial charge is 0.0279 e. The van der Waals surface area contributed by atoms with Crippen molar-refractivity contribution in [1.29, 1.82) is 0 Å². The monoisotopic (exact) mass is 499 g/mol. The Hall–Kier alpha value is -0.780. The fourth-order valence-electron chi connectivity index (χ4n) is 5.64. The molecule has 36 heavy (non-hydrogen) atoms. The Bertz CT molecular complexity index is 504. The lowest BCUT2D eigenvalue weighted by Crippen LogP contribution is -1.86. The maximum Gasteiger partial charge on any atom is -0.0279 e. The van der Waals surface area contributed by atoms with E-state index in [9.17, 15) is 0 Å². The molecule has 0 unspecified atom stereocenters. The highest BCUT2D eigenvalue weighted by atomic mass is 14.0. The summed E-state index contributed by atoms with van der Waals surface area (Å²) in [5.74, 6) is 0. The van der Waals surface area contributed by atoms with Crippen molar-refractivity contribution in [3.63, 3.8) is 0 Å². The molecule has 0 atom stereocenters. The predicted octanol–water partition coefficient (Wildman–Crippen LogP) is 13.2. The van der Waals surface area contributed by atoms with Crippen molar-refractivity contribution in [1.82, 2.24) is 0 Å². The standard InChI is InChI=1S/C36H66/c1-2-3-4-5-6-7-8-9-10-11-12-13-14-15-16-17-18-19-20-21-22-23-24-25-26-27-28-30-33-36-34-31-29-32-35-36/h29,31-32,34-35H,2-28,30,33H2,1H3. The molecule has 0 saturated carbocycles. The first kappa shape index (κ1) is 33.2. The molecule has 0 heteroatoms. The average Bonchev–Trinajstić information content (AvgIpc) is 2.91. The fraction of sp³-hybridized carbons (Fsp3) is 0.833. The molecule has 1 rings (SSSR count). The van der Waals surface area contributed by atoms with Crippen LogP contribution in [0.4, 0.5) is 0 Å². The number of hydrogen-bond acceptors (Lipinski definition) is 0. The molecule has 0 bridgehead atoms. The van der Waals surface area contributed by atoms with Gasteiger partial charge in [0, 0.05) is 0 Å². The van der Waals surface area contributed by atoms with Crippen LogP contribution in [0.3, 0.4) is 0 Å². The normalized spacial score (nSPS) is 11.4. The number of hydrogen-bond donors (Lipinski definition) is 0. The summed E-state index contributed by atoms with van der Waals surface area (Å²) in [4.78, 5) is 0. The number of benzene rings is 1. The largest absolute Gasteiger partial charge is 0.0654 e. The molecule has 0 spiro atoms. The van der Waals surface area contributed by atoms with Gasteiger partial charge < -0.3 is 0 Å². The Labute approximate surface area is 228 Å². The van der Waals surface area contributed by atoms with Crippen LogP contribution in [-0.2, 0) is 6.42 Å². The molecule has 1 aromatic rings. The molecule has 0 aliphatic rings. The summed E-state index contributed by atoms with van der Waals surface area (Å²) in [5, 5.41) is 0. The Morgan fingerprint density at radius 3 is 0.833 bits per heavy atom. The van der Waals surface area contributed by atoms with Gasteiger partial charge in [-0.25, -0.2) is 0 Å². The molecule has 0 aliphatic carbocycles. The van der Waals surface area contributed by atoms with Crippen LogP contribution < -0.4 is 0 Å². The maximum absolute atomic E-state index is 2.31. The van der Waals surface area contributed by atoms with Crippen LogP contribution in [-0.4, -0.2) is 0 Å². The van der Waals surface area contributed by atoms with Crippen LogP contribution in [0.25, 0.3) is 0 Å². The zero-order valence-electron chi connectivity index (χ0n) is 24.9. The molecule has 0 fully saturated rings. The molecule has 0 aliphatic heterocycles. The van der Waals surface area contributed by atoms with Crippen molar-refractivity contribution in [2.24, 2.45) is 0 Å². The second kappa shape index (κ2) is 28.8. The quantitative estimate of drug-likeness (QED) is 0.0963. The second-order valence-corrected chi connectivity index (χ2v) is 11.8. The van der Waals surface area contributed by atoms with Gasteiger partial charge in [-0.3, -0.25) is 0 Å². The van der Waals surface area contributed by atoms with Gasteiger partial charge in [0.1, 0.15) is 0 Å². The average molecular weight is 499 g/mol. The van der Waals surface area contributed by atoms with E-state index in [4.69, 9.17) is 0 Å². The third-order valence-electron chi connectivity index (χ3n) is 8.16. The van der Waals surface area contributed by atoms with Crippen molar-refractivity contribution in [2.45, 2.75) is 193 Å². The SMILES string of the molecule is CCCCCCCCCCCCCCCCCCCCCCCCCCCCCCc1ccccc1. The molecule has 0 aromatic heterocycles. The van der Waals surface area contributed by atoms with Crippen LogP contribution in [0.15, 0.2) is 30.3 Å². The van der Waals surface area contributed by atoms with Crippen LogP contribution in [0, 0.1) is 0 Å². The lowest BCUT2D eigenvalue weighted by atomic mass is 10.0. The molecule has 0 amide bonds. The molecule has 0 nitrogen and oxygen atoms in total. The van der Waals surface area contributed by atoms with Gasteiger partial charge in [-0.1, -0.05) is 211 Å². The molecule has 0 saturated heterocycles. The van der Waals surface area contributed by atoms with Crippen molar-refractivity contribution < 1.29 is 0 Å². The van der Waals surface area contributed by atoms with Gasteiger partial charge in [-0.2, -0.15) is 0 Å². The van der Waals surface area contributed by atoms with Gasteiger partial charge in [-0.05, 0) is 18.4 Å². The summed E-state index contributed by atoms with van der Waals surface area (Å²) in [7, 11) is 0. The van der Waals surface area contributed by atoms with Gasteiger partial charge >= 0.3 is 0 Å². The van der Waals surface area contributed by atoms with Crippen molar-refractivity contribution >= 4 is 0 Å². The van der Waals surface area contributed by atoms with Gasteiger partial charge in [0.15, 0.2) is 0 Å². The Kier molecular flexibility index (Phi) is 26.6. The zero-order valence-corrected chi connectivity index (χ0v) is 24.9. The molecule has 1 aromatic carbocycles. The topological polar surface area (TPSA) is 0 Å². The summed E-state index contributed by atoms with van der Waals surface area (Å²) < 4.78 is 0. The van der Waals surface area contributed by atoms with E-state index in [1.54, 1.807) is 0 Å². The van der Waals surface area contributed by atoms with Gasteiger partial charge in [0.25, 0.3) is 0 Å². The molecule has 0 radical (unpaired) electrons. The summed E-state index contributed by atoms with van der Waals surface area (Å²) in [5.41, 5.74) is 1.51. The Morgan fingerprint density at radius 2 is 0.556 bits per heavy atom. The van der Waals surface area contributed by atoms with Crippen molar-refractivity contribution in [3.8, 4) is 0 Å². The van der Waals surface area contributed by atoms with E-state index < -0.39 is 0 Å². The number of aryl methyl sites for hydroxylation is 1. The molecule has 210 valence electrons. The third kappa shape index (κ3) is 24.9.